The van der Waals surface area contributed by atoms with Gasteiger partial charge in [-0.05, 0) is 37.5 Å². The zero-order valence-corrected chi connectivity index (χ0v) is 10.4. The lowest BCUT2D eigenvalue weighted by atomic mass is 10.00. The van der Waals surface area contributed by atoms with Gasteiger partial charge in [0.2, 0.25) is 0 Å². The Kier molecular flexibility index (Phi) is 3.69. The van der Waals surface area contributed by atoms with Crippen LogP contribution < -0.4 is 4.74 Å². The lowest BCUT2D eigenvalue weighted by Gasteiger charge is -2.27. The molecule has 0 bridgehead atoms. The van der Waals surface area contributed by atoms with Crippen molar-refractivity contribution in [2.24, 2.45) is 0 Å². The second-order valence-electron chi connectivity index (χ2n) is 4.48. The SMILES string of the molecule is COc1ccc(CC2=C(C)CCCN2O)cc1. The molecule has 1 aliphatic rings. The third kappa shape index (κ3) is 2.80. The molecular formula is C14H19NO2. The molecule has 92 valence electrons. The van der Waals surface area contributed by atoms with E-state index in [4.69, 9.17) is 4.74 Å². The highest BCUT2D eigenvalue weighted by Gasteiger charge is 2.15. The lowest BCUT2D eigenvalue weighted by Crippen LogP contribution is -2.26. The molecule has 1 N–H and O–H groups in total. The van der Waals surface area contributed by atoms with Crippen molar-refractivity contribution in [3.05, 3.63) is 41.1 Å². The fraction of sp³-hybridized carbons (Fsp3) is 0.429. The molecule has 0 saturated heterocycles. The van der Waals surface area contributed by atoms with E-state index < -0.39 is 0 Å². The number of ether oxygens (including phenoxy) is 1. The summed E-state index contributed by atoms with van der Waals surface area (Å²) in [6.45, 7) is 2.84. The molecule has 17 heavy (non-hydrogen) atoms. The monoisotopic (exact) mass is 233 g/mol. The van der Waals surface area contributed by atoms with E-state index in [1.165, 1.54) is 16.2 Å². The predicted octanol–water partition coefficient (Wildman–Crippen LogP) is 3.00. The van der Waals surface area contributed by atoms with Gasteiger partial charge in [0.25, 0.3) is 0 Å². The van der Waals surface area contributed by atoms with Gasteiger partial charge in [0.1, 0.15) is 5.75 Å². The van der Waals surface area contributed by atoms with Gasteiger partial charge in [-0.25, -0.2) is 0 Å². The largest absolute Gasteiger partial charge is 0.497 e. The first kappa shape index (κ1) is 12.0. The number of allylic oxidation sites excluding steroid dienone is 2. The Morgan fingerprint density at radius 3 is 2.59 bits per heavy atom. The van der Waals surface area contributed by atoms with E-state index in [1.54, 1.807) is 7.11 Å². The first-order valence-electron chi connectivity index (χ1n) is 5.98. The van der Waals surface area contributed by atoms with Crippen LogP contribution >= 0.6 is 0 Å². The van der Waals surface area contributed by atoms with Crippen LogP contribution in [0.5, 0.6) is 5.75 Å². The number of rotatable bonds is 3. The Morgan fingerprint density at radius 2 is 2.00 bits per heavy atom. The molecule has 0 spiro atoms. The van der Waals surface area contributed by atoms with Gasteiger partial charge in [-0.1, -0.05) is 17.7 Å². The van der Waals surface area contributed by atoms with Crippen LogP contribution in [0.15, 0.2) is 35.5 Å². The van der Waals surface area contributed by atoms with Crippen LogP contribution in [0.2, 0.25) is 0 Å². The van der Waals surface area contributed by atoms with E-state index in [2.05, 4.69) is 6.92 Å². The summed E-state index contributed by atoms with van der Waals surface area (Å²) in [6, 6.07) is 7.99. The van der Waals surface area contributed by atoms with Crippen LogP contribution in [0, 0.1) is 0 Å². The molecule has 0 atom stereocenters. The van der Waals surface area contributed by atoms with Gasteiger partial charge in [0, 0.05) is 18.7 Å². The van der Waals surface area contributed by atoms with Crippen molar-refractivity contribution in [3.63, 3.8) is 0 Å². The summed E-state index contributed by atoms with van der Waals surface area (Å²) in [4.78, 5) is 0. The molecule has 0 aromatic heterocycles. The number of hydroxylamine groups is 2. The van der Waals surface area contributed by atoms with Gasteiger partial charge in [-0.3, -0.25) is 10.3 Å². The van der Waals surface area contributed by atoms with Gasteiger partial charge in [0.15, 0.2) is 0 Å². The molecule has 1 aromatic rings. The third-order valence-corrected chi connectivity index (χ3v) is 3.26. The van der Waals surface area contributed by atoms with E-state index in [-0.39, 0.29) is 0 Å². The van der Waals surface area contributed by atoms with E-state index in [1.807, 2.05) is 24.3 Å². The summed E-state index contributed by atoms with van der Waals surface area (Å²) in [6.07, 6.45) is 2.91. The Balaban J connectivity index is 2.13. The number of nitrogens with zero attached hydrogens (tertiary/aromatic N) is 1. The summed E-state index contributed by atoms with van der Waals surface area (Å²) < 4.78 is 5.13. The van der Waals surface area contributed by atoms with Crippen LogP contribution in [0.4, 0.5) is 0 Å². The summed E-state index contributed by atoms with van der Waals surface area (Å²) >= 11 is 0. The van der Waals surface area contributed by atoms with Gasteiger partial charge in [0.05, 0.1) is 7.11 Å². The predicted molar refractivity (Wildman–Crippen MR) is 67.1 cm³/mol. The van der Waals surface area contributed by atoms with Crippen LogP contribution in [-0.4, -0.2) is 23.9 Å². The van der Waals surface area contributed by atoms with E-state index in [9.17, 15) is 5.21 Å². The molecule has 0 unspecified atom stereocenters. The summed E-state index contributed by atoms with van der Waals surface area (Å²) in [5.74, 6) is 0.865. The minimum absolute atomic E-state index is 0.739. The van der Waals surface area contributed by atoms with Crippen molar-refractivity contribution in [1.29, 1.82) is 0 Å². The number of hydrogen-bond acceptors (Lipinski definition) is 3. The van der Waals surface area contributed by atoms with E-state index >= 15 is 0 Å². The van der Waals surface area contributed by atoms with E-state index in [0.717, 1.165) is 37.3 Å². The van der Waals surface area contributed by atoms with Crippen molar-refractivity contribution in [3.8, 4) is 5.75 Å². The van der Waals surface area contributed by atoms with Crippen molar-refractivity contribution >= 4 is 0 Å². The molecule has 3 nitrogen and oxygen atoms in total. The molecular weight excluding hydrogens is 214 g/mol. The second kappa shape index (κ2) is 5.23. The number of benzene rings is 1. The molecule has 1 aliphatic heterocycles. The summed E-state index contributed by atoms with van der Waals surface area (Å²) in [5, 5.41) is 11.2. The van der Waals surface area contributed by atoms with Crippen molar-refractivity contribution in [2.45, 2.75) is 26.2 Å². The first-order valence-corrected chi connectivity index (χ1v) is 5.98. The molecule has 0 amide bonds. The Morgan fingerprint density at radius 1 is 1.29 bits per heavy atom. The average Bonchev–Trinajstić information content (AvgIpc) is 2.35. The highest BCUT2D eigenvalue weighted by Crippen LogP contribution is 2.24. The lowest BCUT2D eigenvalue weighted by molar-refractivity contribution is -0.0643. The molecule has 0 saturated carbocycles. The maximum absolute atomic E-state index is 9.85. The molecule has 0 fully saturated rings. The normalized spacial score (nSPS) is 16.3. The van der Waals surface area contributed by atoms with Crippen molar-refractivity contribution in [2.75, 3.05) is 13.7 Å². The van der Waals surface area contributed by atoms with Gasteiger partial charge >= 0.3 is 0 Å². The van der Waals surface area contributed by atoms with Crippen molar-refractivity contribution in [1.82, 2.24) is 5.06 Å². The van der Waals surface area contributed by atoms with Crippen LogP contribution in [0.25, 0.3) is 0 Å². The highest BCUT2D eigenvalue weighted by atomic mass is 16.5. The standard InChI is InChI=1S/C14H19NO2/c1-11-4-3-9-15(16)14(11)10-12-5-7-13(17-2)8-6-12/h5-8,16H,3-4,9-10H2,1-2H3. The van der Waals surface area contributed by atoms with Gasteiger partial charge in [-0.2, -0.15) is 0 Å². The molecule has 2 rings (SSSR count). The maximum Gasteiger partial charge on any atom is 0.118 e. The first-order chi connectivity index (χ1) is 8.20. The van der Waals surface area contributed by atoms with Crippen LogP contribution in [-0.2, 0) is 6.42 Å². The molecule has 1 aromatic carbocycles. The summed E-state index contributed by atoms with van der Waals surface area (Å²) in [5.41, 5.74) is 3.53. The molecule has 0 radical (unpaired) electrons. The Labute approximate surface area is 102 Å². The zero-order valence-electron chi connectivity index (χ0n) is 10.4. The fourth-order valence-corrected chi connectivity index (χ4v) is 2.17. The number of methoxy groups -OCH3 is 1. The molecule has 1 heterocycles. The van der Waals surface area contributed by atoms with E-state index in [0.29, 0.717) is 0 Å². The van der Waals surface area contributed by atoms with Crippen LogP contribution in [0.1, 0.15) is 25.3 Å². The fourth-order valence-electron chi connectivity index (χ4n) is 2.17. The minimum atomic E-state index is 0.739. The smallest absolute Gasteiger partial charge is 0.118 e. The van der Waals surface area contributed by atoms with Gasteiger partial charge in [-0.15, -0.1) is 0 Å². The Bertz CT molecular complexity index is 409. The topological polar surface area (TPSA) is 32.7 Å². The summed E-state index contributed by atoms with van der Waals surface area (Å²) in [7, 11) is 1.66. The van der Waals surface area contributed by atoms with Crippen molar-refractivity contribution < 1.29 is 9.94 Å². The second-order valence-corrected chi connectivity index (χ2v) is 4.48. The molecule has 3 heteroatoms. The highest BCUT2D eigenvalue weighted by molar-refractivity contribution is 5.30. The Hall–Kier alpha value is -1.48. The van der Waals surface area contributed by atoms with Crippen LogP contribution in [0.3, 0.4) is 0 Å². The minimum Gasteiger partial charge on any atom is -0.497 e. The third-order valence-electron chi connectivity index (χ3n) is 3.26. The average molecular weight is 233 g/mol. The number of hydrogen-bond donors (Lipinski definition) is 1. The zero-order chi connectivity index (χ0) is 12.3. The quantitative estimate of drug-likeness (QED) is 0.871. The van der Waals surface area contributed by atoms with Gasteiger partial charge < -0.3 is 4.74 Å². The molecule has 0 aliphatic carbocycles. The maximum atomic E-state index is 9.85.